The summed E-state index contributed by atoms with van der Waals surface area (Å²) in [6.07, 6.45) is 4.55. The lowest BCUT2D eigenvalue weighted by molar-refractivity contribution is -0.133. The third kappa shape index (κ3) is 1.75. The zero-order chi connectivity index (χ0) is 11.9. The molecular formula is C13H24N2O. The molecule has 1 heterocycles. The van der Waals surface area contributed by atoms with Gasteiger partial charge in [-0.1, -0.05) is 27.2 Å². The fraction of sp³-hybridized carbons (Fsp3) is 0.923. The van der Waals surface area contributed by atoms with Gasteiger partial charge in [-0.2, -0.15) is 0 Å². The second kappa shape index (κ2) is 4.02. The lowest BCUT2D eigenvalue weighted by Gasteiger charge is -2.32. The molecule has 1 aliphatic heterocycles. The van der Waals surface area contributed by atoms with E-state index in [9.17, 15) is 4.79 Å². The molecule has 0 radical (unpaired) electrons. The van der Waals surface area contributed by atoms with Gasteiger partial charge >= 0.3 is 0 Å². The van der Waals surface area contributed by atoms with E-state index in [1.54, 1.807) is 0 Å². The smallest absolute Gasteiger partial charge is 0.244 e. The summed E-state index contributed by atoms with van der Waals surface area (Å²) in [5, 5.41) is 3.55. The van der Waals surface area contributed by atoms with Crippen molar-refractivity contribution in [1.82, 2.24) is 10.2 Å². The molecule has 2 rings (SSSR count). The van der Waals surface area contributed by atoms with Gasteiger partial charge in [0.1, 0.15) is 0 Å². The van der Waals surface area contributed by atoms with Crippen LogP contribution in [0.5, 0.6) is 0 Å². The molecule has 1 N–H and O–H groups in total. The molecule has 92 valence electrons. The van der Waals surface area contributed by atoms with Gasteiger partial charge in [0.25, 0.3) is 0 Å². The van der Waals surface area contributed by atoms with Gasteiger partial charge in [-0.3, -0.25) is 10.1 Å². The highest BCUT2D eigenvalue weighted by Crippen LogP contribution is 2.43. The van der Waals surface area contributed by atoms with E-state index in [-0.39, 0.29) is 11.7 Å². The molecule has 3 heteroatoms. The average Bonchev–Trinajstić information content (AvgIpc) is 2.93. The summed E-state index contributed by atoms with van der Waals surface area (Å²) in [6.45, 7) is 8.74. The second-order valence-electron chi connectivity index (χ2n) is 5.73. The minimum Gasteiger partial charge on any atom is -0.323 e. The van der Waals surface area contributed by atoms with Crippen LogP contribution in [0.3, 0.4) is 0 Å². The van der Waals surface area contributed by atoms with Crippen molar-refractivity contribution in [3.8, 4) is 0 Å². The molecule has 1 aliphatic carbocycles. The Balaban J connectivity index is 2.15. The Kier molecular flexibility index (Phi) is 2.99. The van der Waals surface area contributed by atoms with Crippen LogP contribution in [0.25, 0.3) is 0 Å². The van der Waals surface area contributed by atoms with Crippen LogP contribution in [0, 0.1) is 5.92 Å². The minimum absolute atomic E-state index is 0.150. The maximum Gasteiger partial charge on any atom is 0.244 e. The normalized spacial score (nSPS) is 29.2. The number of nitrogens with zero attached hydrogens (tertiary/aromatic N) is 1. The maximum atomic E-state index is 12.4. The number of nitrogens with one attached hydrogen (secondary N) is 1. The van der Waals surface area contributed by atoms with Crippen molar-refractivity contribution in [2.45, 2.75) is 71.1 Å². The highest BCUT2D eigenvalue weighted by atomic mass is 16.2. The monoisotopic (exact) mass is 224 g/mol. The molecule has 1 saturated carbocycles. The van der Waals surface area contributed by atoms with E-state index in [2.05, 4.69) is 37.9 Å². The van der Waals surface area contributed by atoms with Gasteiger partial charge in [-0.15, -0.1) is 0 Å². The SMILES string of the molecule is CCCC1NC2(CC2)C(=O)N1C(C)C(C)C. The Labute approximate surface area is 98.6 Å². The molecule has 2 aliphatic rings. The molecule has 1 saturated heterocycles. The Morgan fingerprint density at radius 1 is 1.44 bits per heavy atom. The molecular weight excluding hydrogens is 200 g/mol. The van der Waals surface area contributed by atoms with E-state index in [1.807, 2.05) is 0 Å². The Hall–Kier alpha value is -0.570. The summed E-state index contributed by atoms with van der Waals surface area (Å²) >= 11 is 0. The third-order valence-electron chi connectivity index (χ3n) is 4.14. The van der Waals surface area contributed by atoms with Crippen molar-refractivity contribution in [3.63, 3.8) is 0 Å². The molecule has 0 bridgehead atoms. The molecule has 1 spiro atoms. The Morgan fingerprint density at radius 3 is 2.50 bits per heavy atom. The van der Waals surface area contributed by atoms with E-state index >= 15 is 0 Å². The van der Waals surface area contributed by atoms with E-state index in [0.717, 1.165) is 25.7 Å². The van der Waals surface area contributed by atoms with Gasteiger partial charge < -0.3 is 4.90 Å². The van der Waals surface area contributed by atoms with Crippen molar-refractivity contribution in [2.75, 3.05) is 0 Å². The van der Waals surface area contributed by atoms with Crippen LogP contribution in [-0.2, 0) is 4.79 Å². The first-order valence-corrected chi connectivity index (χ1v) is 6.62. The fourth-order valence-electron chi connectivity index (χ4n) is 2.60. The number of hydrogen-bond donors (Lipinski definition) is 1. The van der Waals surface area contributed by atoms with Crippen LogP contribution >= 0.6 is 0 Å². The lowest BCUT2D eigenvalue weighted by Crippen LogP contribution is -2.45. The maximum absolute atomic E-state index is 12.4. The summed E-state index contributed by atoms with van der Waals surface area (Å²) < 4.78 is 0. The predicted molar refractivity (Wildman–Crippen MR) is 64.9 cm³/mol. The molecule has 2 fully saturated rings. The van der Waals surface area contributed by atoms with Gasteiger partial charge in [0.15, 0.2) is 0 Å². The molecule has 0 aromatic heterocycles. The van der Waals surface area contributed by atoms with Crippen molar-refractivity contribution in [2.24, 2.45) is 5.92 Å². The topological polar surface area (TPSA) is 32.3 Å². The Bertz CT molecular complexity index is 284. The number of hydrogen-bond acceptors (Lipinski definition) is 2. The molecule has 2 unspecified atom stereocenters. The highest BCUT2D eigenvalue weighted by molar-refractivity contribution is 5.92. The highest BCUT2D eigenvalue weighted by Gasteiger charge is 2.59. The third-order valence-corrected chi connectivity index (χ3v) is 4.14. The molecule has 3 nitrogen and oxygen atoms in total. The average molecular weight is 224 g/mol. The van der Waals surface area contributed by atoms with Crippen LogP contribution < -0.4 is 5.32 Å². The van der Waals surface area contributed by atoms with Crippen LogP contribution in [0.1, 0.15) is 53.4 Å². The fourth-order valence-corrected chi connectivity index (χ4v) is 2.60. The molecule has 16 heavy (non-hydrogen) atoms. The summed E-state index contributed by atoms with van der Waals surface area (Å²) in [4.78, 5) is 14.5. The zero-order valence-electron chi connectivity index (χ0n) is 10.9. The first-order valence-electron chi connectivity index (χ1n) is 6.62. The van der Waals surface area contributed by atoms with Crippen molar-refractivity contribution in [3.05, 3.63) is 0 Å². The standard InChI is InChI=1S/C13H24N2O/c1-5-6-11-14-13(7-8-13)12(16)15(11)10(4)9(2)3/h9-11,14H,5-8H2,1-4H3. The van der Waals surface area contributed by atoms with E-state index in [1.165, 1.54) is 0 Å². The number of amides is 1. The van der Waals surface area contributed by atoms with Crippen molar-refractivity contribution in [1.29, 1.82) is 0 Å². The van der Waals surface area contributed by atoms with Crippen LogP contribution in [0.15, 0.2) is 0 Å². The van der Waals surface area contributed by atoms with Gasteiger partial charge in [0.2, 0.25) is 5.91 Å². The van der Waals surface area contributed by atoms with Gasteiger partial charge in [-0.25, -0.2) is 0 Å². The largest absolute Gasteiger partial charge is 0.323 e. The van der Waals surface area contributed by atoms with Gasteiger partial charge in [-0.05, 0) is 32.1 Å². The van der Waals surface area contributed by atoms with Crippen LogP contribution in [0.2, 0.25) is 0 Å². The van der Waals surface area contributed by atoms with Gasteiger partial charge in [0.05, 0.1) is 11.7 Å². The summed E-state index contributed by atoms with van der Waals surface area (Å²) in [6, 6.07) is 0.344. The number of rotatable bonds is 4. The van der Waals surface area contributed by atoms with Gasteiger partial charge in [0, 0.05) is 6.04 Å². The first-order chi connectivity index (χ1) is 7.52. The number of carbonyl (C=O) groups is 1. The second-order valence-corrected chi connectivity index (χ2v) is 5.73. The summed E-state index contributed by atoms with van der Waals surface area (Å²) in [7, 11) is 0. The van der Waals surface area contributed by atoms with E-state index < -0.39 is 0 Å². The predicted octanol–water partition coefficient (Wildman–Crippen LogP) is 2.12. The van der Waals surface area contributed by atoms with E-state index in [4.69, 9.17) is 0 Å². The molecule has 0 aromatic rings. The summed E-state index contributed by atoms with van der Waals surface area (Å²) in [5.41, 5.74) is -0.150. The zero-order valence-corrected chi connectivity index (χ0v) is 10.9. The quantitative estimate of drug-likeness (QED) is 0.793. The molecule has 1 amide bonds. The van der Waals surface area contributed by atoms with Crippen LogP contribution in [-0.4, -0.2) is 28.6 Å². The molecule has 0 aromatic carbocycles. The van der Waals surface area contributed by atoms with E-state index in [0.29, 0.717) is 17.9 Å². The van der Waals surface area contributed by atoms with Crippen molar-refractivity contribution >= 4 is 5.91 Å². The lowest BCUT2D eigenvalue weighted by atomic mass is 10.0. The number of carbonyl (C=O) groups excluding carboxylic acids is 1. The Morgan fingerprint density at radius 2 is 2.06 bits per heavy atom. The minimum atomic E-state index is -0.150. The summed E-state index contributed by atoms with van der Waals surface area (Å²) in [5.74, 6) is 0.881. The van der Waals surface area contributed by atoms with Crippen LogP contribution in [0.4, 0.5) is 0 Å². The first kappa shape index (κ1) is 11.9. The molecule has 2 atom stereocenters. The van der Waals surface area contributed by atoms with Crippen molar-refractivity contribution < 1.29 is 4.79 Å².